The number of nitrogens with one attached hydrogen (secondary N) is 1. The molecule has 1 aliphatic carbocycles. The van der Waals surface area contributed by atoms with Gasteiger partial charge in [-0.3, -0.25) is 14.3 Å². The van der Waals surface area contributed by atoms with Crippen molar-refractivity contribution in [3.8, 4) is 0 Å². The maximum atomic E-state index is 12.5. The molecule has 2 aliphatic rings. The fourth-order valence-corrected chi connectivity index (χ4v) is 4.09. The largest absolute Gasteiger partial charge is 0.349 e. The number of benzene rings is 1. The zero-order valence-corrected chi connectivity index (χ0v) is 15.7. The summed E-state index contributed by atoms with van der Waals surface area (Å²) in [6, 6.07) is 9.60. The summed E-state index contributed by atoms with van der Waals surface area (Å²) >= 11 is 0. The molecule has 1 atom stereocenters. The SMILES string of the molecule is Cc1cnn(CCC(=O)N2CCC3(CC2)CC3NC(=O)c2ccccc2)c1. The van der Waals surface area contributed by atoms with E-state index in [2.05, 4.69) is 10.4 Å². The van der Waals surface area contributed by atoms with Crippen molar-refractivity contribution in [2.24, 2.45) is 5.41 Å². The molecule has 142 valence electrons. The summed E-state index contributed by atoms with van der Waals surface area (Å²) < 4.78 is 1.83. The molecule has 1 saturated carbocycles. The lowest BCUT2D eigenvalue weighted by Gasteiger charge is -2.33. The first kappa shape index (κ1) is 17.8. The number of hydrogen-bond acceptors (Lipinski definition) is 3. The molecule has 2 aromatic rings. The van der Waals surface area contributed by atoms with Gasteiger partial charge in [0.15, 0.2) is 0 Å². The third-order valence-electron chi connectivity index (χ3n) is 5.96. The quantitative estimate of drug-likeness (QED) is 0.884. The van der Waals surface area contributed by atoms with Crippen molar-refractivity contribution in [2.75, 3.05) is 13.1 Å². The lowest BCUT2D eigenvalue weighted by Crippen LogP contribution is -2.42. The summed E-state index contributed by atoms with van der Waals surface area (Å²) in [5, 5.41) is 7.40. The molecule has 6 heteroatoms. The van der Waals surface area contributed by atoms with Crippen LogP contribution in [0.2, 0.25) is 0 Å². The molecule has 1 N–H and O–H groups in total. The fourth-order valence-electron chi connectivity index (χ4n) is 4.09. The number of rotatable bonds is 5. The second-order valence-corrected chi connectivity index (χ2v) is 7.87. The zero-order chi connectivity index (χ0) is 18.9. The Morgan fingerprint density at radius 2 is 1.96 bits per heavy atom. The van der Waals surface area contributed by atoms with Gasteiger partial charge >= 0.3 is 0 Å². The summed E-state index contributed by atoms with van der Waals surface area (Å²) in [5.41, 5.74) is 2.01. The topological polar surface area (TPSA) is 67.2 Å². The van der Waals surface area contributed by atoms with E-state index in [-0.39, 0.29) is 23.3 Å². The minimum absolute atomic E-state index is 0.00509. The molecule has 2 amide bonds. The second-order valence-electron chi connectivity index (χ2n) is 7.87. The molecule has 0 bridgehead atoms. The number of nitrogens with zero attached hydrogens (tertiary/aromatic N) is 3. The molecule has 1 unspecified atom stereocenters. The summed E-state index contributed by atoms with van der Waals surface area (Å²) in [6.45, 7) is 4.20. The maximum Gasteiger partial charge on any atom is 0.251 e. The van der Waals surface area contributed by atoms with E-state index in [4.69, 9.17) is 0 Å². The number of amides is 2. The molecule has 6 nitrogen and oxygen atoms in total. The Kier molecular flexibility index (Phi) is 4.72. The number of likely N-dealkylation sites (tertiary alicyclic amines) is 1. The van der Waals surface area contributed by atoms with Gasteiger partial charge in [0.25, 0.3) is 5.91 Å². The number of aryl methyl sites for hydroxylation is 2. The summed E-state index contributed by atoms with van der Waals surface area (Å²) in [6.07, 6.45) is 7.23. The summed E-state index contributed by atoms with van der Waals surface area (Å²) in [7, 11) is 0. The van der Waals surface area contributed by atoms with Gasteiger partial charge in [0.1, 0.15) is 0 Å². The van der Waals surface area contributed by atoms with Crippen LogP contribution >= 0.6 is 0 Å². The molecule has 27 heavy (non-hydrogen) atoms. The molecule has 1 spiro atoms. The average Bonchev–Trinajstić information content (AvgIpc) is 3.15. The number of hydrogen-bond donors (Lipinski definition) is 1. The van der Waals surface area contributed by atoms with Crippen LogP contribution in [0.5, 0.6) is 0 Å². The molecular formula is C21H26N4O2. The van der Waals surface area contributed by atoms with E-state index in [1.807, 2.05) is 59.2 Å². The highest BCUT2D eigenvalue weighted by molar-refractivity contribution is 5.94. The fraction of sp³-hybridized carbons (Fsp3) is 0.476. The van der Waals surface area contributed by atoms with Crippen LogP contribution in [-0.4, -0.2) is 45.6 Å². The molecule has 1 aromatic carbocycles. The average molecular weight is 366 g/mol. The van der Waals surface area contributed by atoms with Crippen LogP contribution in [-0.2, 0) is 11.3 Å². The highest BCUT2D eigenvalue weighted by atomic mass is 16.2. The van der Waals surface area contributed by atoms with Gasteiger partial charge in [-0.05, 0) is 49.3 Å². The second kappa shape index (κ2) is 7.18. The first-order valence-electron chi connectivity index (χ1n) is 9.68. The molecule has 1 saturated heterocycles. The smallest absolute Gasteiger partial charge is 0.251 e. The van der Waals surface area contributed by atoms with Crippen LogP contribution in [0.25, 0.3) is 0 Å². The van der Waals surface area contributed by atoms with Crippen molar-refractivity contribution in [1.29, 1.82) is 0 Å². The Morgan fingerprint density at radius 3 is 2.63 bits per heavy atom. The molecule has 1 aromatic heterocycles. The van der Waals surface area contributed by atoms with Crippen molar-refractivity contribution in [2.45, 2.75) is 45.2 Å². The normalized spacial score (nSPS) is 20.5. The molecule has 1 aliphatic heterocycles. The van der Waals surface area contributed by atoms with Crippen LogP contribution < -0.4 is 5.32 Å². The third kappa shape index (κ3) is 3.89. The van der Waals surface area contributed by atoms with Gasteiger partial charge in [-0.1, -0.05) is 18.2 Å². The monoisotopic (exact) mass is 366 g/mol. The van der Waals surface area contributed by atoms with Crippen molar-refractivity contribution in [3.05, 3.63) is 53.9 Å². The van der Waals surface area contributed by atoms with E-state index in [0.29, 0.717) is 18.5 Å². The Morgan fingerprint density at radius 1 is 1.22 bits per heavy atom. The lowest BCUT2D eigenvalue weighted by molar-refractivity contribution is -0.133. The van der Waals surface area contributed by atoms with E-state index in [9.17, 15) is 9.59 Å². The van der Waals surface area contributed by atoms with Crippen LogP contribution in [0.3, 0.4) is 0 Å². The molecule has 2 fully saturated rings. The number of aromatic nitrogens is 2. The van der Waals surface area contributed by atoms with Crippen LogP contribution in [0.4, 0.5) is 0 Å². The first-order valence-corrected chi connectivity index (χ1v) is 9.68. The molecular weight excluding hydrogens is 340 g/mol. The molecule has 4 rings (SSSR count). The first-order chi connectivity index (χ1) is 13.1. The Balaban J connectivity index is 1.23. The predicted molar refractivity (Wildman–Crippen MR) is 102 cm³/mol. The summed E-state index contributed by atoms with van der Waals surface area (Å²) in [5.74, 6) is 0.203. The maximum absolute atomic E-state index is 12.5. The van der Waals surface area contributed by atoms with Crippen LogP contribution in [0.15, 0.2) is 42.7 Å². The van der Waals surface area contributed by atoms with Crippen molar-refractivity contribution < 1.29 is 9.59 Å². The number of piperidine rings is 1. The van der Waals surface area contributed by atoms with Gasteiger partial charge in [0.2, 0.25) is 5.91 Å². The van der Waals surface area contributed by atoms with Crippen LogP contribution in [0.1, 0.15) is 41.6 Å². The van der Waals surface area contributed by atoms with Crippen molar-refractivity contribution in [3.63, 3.8) is 0 Å². The van der Waals surface area contributed by atoms with Crippen molar-refractivity contribution >= 4 is 11.8 Å². The van der Waals surface area contributed by atoms with E-state index >= 15 is 0 Å². The summed E-state index contributed by atoms with van der Waals surface area (Å²) in [4.78, 5) is 26.8. The van der Waals surface area contributed by atoms with E-state index < -0.39 is 0 Å². The number of carbonyl (C=O) groups excluding carboxylic acids is 2. The lowest BCUT2D eigenvalue weighted by atomic mass is 9.92. The van der Waals surface area contributed by atoms with Gasteiger partial charge in [-0.2, -0.15) is 5.10 Å². The predicted octanol–water partition coefficient (Wildman–Crippen LogP) is 2.39. The van der Waals surface area contributed by atoms with Gasteiger partial charge < -0.3 is 10.2 Å². The minimum atomic E-state index is 0.00509. The minimum Gasteiger partial charge on any atom is -0.349 e. The Labute approximate surface area is 159 Å². The number of carbonyl (C=O) groups is 2. The highest BCUT2D eigenvalue weighted by Crippen LogP contribution is 2.54. The molecule has 0 radical (unpaired) electrons. The van der Waals surface area contributed by atoms with Crippen LogP contribution in [0, 0.1) is 12.3 Å². The van der Waals surface area contributed by atoms with E-state index in [1.54, 1.807) is 0 Å². The molecule has 2 heterocycles. The van der Waals surface area contributed by atoms with E-state index in [0.717, 1.165) is 37.9 Å². The van der Waals surface area contributed by atoms with Gasteiger partial charge in [-0.25, -0.2) is 0 Å². The third-order valence-corrected chi connectivity index (χ3v) is 5.96. The van der Waals surface area contributed by atoms with Gasteiger partial charge in [0.05, 0.1) is 6.20 Å². The van der Waals surface area contributed by atoms with Gasteiger partial charge in [0, 0.05) is 43.9 Å². The zero-order valence-electron chi connectivity index (χ0n) is 15.7. The van der Waals surface area contributed by atoms with E-state index in [1.165, 1.54) is 0 Å². The standard InChI is InChI=1S/C21H26N4O2/c1-16-14-22-25(15-16)10-7-19(26)24-11-8-21(9-12-24)13-18(21)23-20(27)17-5-3-2-4-6-17/h2-6,14-15,18H,7-13H2,1H3,(H,23,27). The van der Waals surface area contributed by atoms with Gasteiger partial charge in [-0.15, -0.1) is 0 Å². The highest BCUT2D eigenvalue weighted by Gasteiger charge is 2.55. The Hall–Kier alpha value is -2.63. The van der Waals surface area contributed by atoms with Crippen molar-refractivity contribution in [1.82, 2.24) is 20.0 Å². The Bertz CT molecular complexity index is 822.